The fraction of sp³-hybridized carbons (Fsp3) is 0.655. The fourth-order valence-electron chi connectivity index (χ4n) is 4.05. The van der Waals surface area contributed by atoms with Crippen LogP contribution in [0.2, 0.25) is 0 Å². The van der Waals surface area contributed by atoms with Crippen molar-refractivity contribution in [1.29, 1.82) is 0 Å². The van der Waals surface area contributed by atoms with Crippen LogP contribution in [-0.4, -0.2) is 52.4 Å². The average Bonchev–Trinajstić information content (AvgIpc) is 2.75. The first-order chi connectivity index (χ1) is 17.5. The molecule has 1 rings (SSSR count). The maximum absolute atomic E-state index is 14.2. The summed E-state index contributed by atoms with van der Waals surface area (Å²) in [5, 5.41) is 5.66. The molecule has 0 aliphatic rings. The second kappa shape index (κ2) is 14.2. The Labute approximate surface area is 228 Å². The maximum atomic E-state index is 14.2. The summed E-state index contributed by atoms with van der Waals surface area (Å²) in [6.45, 7) is 17.0. The quantitative estimate of drug-likeness (QED) is 0.343. The van der Waals surface area contributed by atoms with Crippen molar-refractivity contribution in [3.05, 3.63) is 34.9 Å². The smallest absolute Gasteiger partial charge is 0.408 e. The molecule has 0 radical (unpaired) electrons. The van der Waals surface area contributed by atoms with Crippen LogP contribution in [-0.2, 0) is 19.1 Å². The van der Waals surface area contributed by atoms with Crippen molar-refractivity contribution in [1.82, 2.24) is 15.5 Å². The highest BCUT2D eigenvalue weighted by atomic mass is 16.6. The van der Waals surface area contributed by atoms with Crippen LogP contribution in [0.1, 0.15) is 103 Å². The van der Waals surface area contributed by atoms with Gasteiger partial charge >= 0.3 is 6.09 Å². The molecule has 4 N–H and O–H groups in total. The second-order valence-corrected chi connectivity index (χ2v) is 11.9. The molecule has 0 spiro atoms. The minimum absolute atomic E-state index is 0.0158. The van der Waals surface area contributed by atoms with Gasteiger partial charge in [0, 0.05) is 18.5 Å². The lowest BCUT2D eigenvalue weighted by Gasteiger charge is -2.36. The number of carbonyl (C=O) groups is 4. The molecular weight excluding hydrogens is 484 g/mol. The highest BCUT2D eigenvalue weighted by Crippen LogP contribution is 2.29. The summed E-state index contributed by atoms with van der Waals surface area (Å²) in [5.74, 6) is -1.38. The van der Waals surface area contributed by atoms with E-state index >= 15 is 0 Å². The molecule has 0 saturated carbocycles. The Balaban J connectivity index is 3.62. The number of nitrogens with zero attached hydrogens (tertiary/aromatic N) is 1. The Bertz CT molecular complexity index is 978. The van der Waals surface area contributed by atoms with E-state index in [2.05, 4.69) is 17.6 Å². The van der Waals surface area contributed by atoms with Crippen molar-refractivity contribution in [2.24, 2.45) is 5.73 Å². The zero-order chi connectivity index (χ0) is 29.3. The summed E-state index contributed by atoms with van der Waals surface area (Å²) < 4.78 is 5.38. The summed E-state index contributed by atoms with van der Waals surface area (Å²) in [5.41, 5.74) is 6.67. The molecule has 2 unspecified atom stereocenters. The first kappa shape index (κ1) is 32.9. The molecule has 9 heteroatoms. The number of unbranched alkanes of at least 4 members (excludes halogenated alkanes) is 2. The Morgan fingerprint density at radius 3 is 2.18 bits per heavy atom. The Kier molecular flexibility index (Phi) is 12.3. The molecule has 0 saturated heterocycles. The van der Waals surface area contributed by atoms with Gasteiger partial charge in [-0.05, 0) is 84.9 Å². The van der Waals surface area contributed by atoms with Gasteiger partial charge in [-0.2, -0.15) is 0 Å². The molecule has 0 aromatic heterocycles. The lowest BCUT2D eigenvalue weighted by Crippen LogP contribution is -2.55. The lowest BCUT2D eigenvalue weighted by atomic mass is 9.93. The van der Waals surface area contributed by atoms with Gasteiger partial charge in [-0.25, -0.2) is 4.79 Å². The van der Waals surface area contributed by atoms with Gasteiger partial charge < -0.3 is 26.0 Å². The van der Waals surface area contributed by atoms with Crippen molar-refractivity contribution in [2.75, 3.05) is 6.54 Å². The number of alkyl carbamates (subject to hydrolysis) is 1. The number of hydrogen-bond acceptors (Lipinski definition) is 5. The zero-order valence-corrected chi connectivity index (χ0v) is 24.7. The van der Waals surface area contributed by atoms with E-state index in [-0.39, 0.29) is 18.7 Å². The van der Waals surface area contributed by atoms with Crippen molar-refractivity contribution in [3.63, 3.8) is 0 Å². The molecule has 214 valence electrons. The monoisotopic (exact) mass is 532 g/mol. The van der Waals surface area contributed by atoms with E-state index in [0.29, 0.717) is 18.5 Å². The van der Waals surface area contributed by atoms with Crippen LogP contribution in [0.3, 0.4) is 0 Å². The normalized spacial score (nSPS) is 13.3. The highest BCUT2D eigenvalue weighted by molar-refractivity contribution is 5.93. The Morgan fingerprint density at radius 1 is 1.03 bits per heavy atom. The minimum Gasteiger partial charge on any atom is -0.444 e. The molecule has 0 aliphatic carbocycles. The van der Waals surface area contributed by atoms with E-state index in [4.69, 9.17) is 10.5 Å². The Hall–Kier alpha value is -3.10. The van der Waals surface area contributed by atoms with E-state index in [9.17, 15) is 19.2 Å². The number of benzene rings is 1. The predicted molar refractivity (Wildman–Crippen MR) is 149 cm³/mol. The number of carbonyl (C=O) groups excluding carboxylic acids is 4. The van der Waals surface area contributed by atoms with Gasteiger partial charge in [-0.15, -0.1) is 0 Å². The van der Waals surface area contributed by atoms with Gasteiger partial charge in [0.2, 0.25) is 17.7 Å². The van der Waals surface area contributed by atoms with Crippen LogP contribution < -0.4 is 16.4 Å². The predicted octanol–water partition coefficient (Wildman–Crippen LogP) is 4.44. The van der Waals surface area contributed by atoms with Crippen LogP contribution in [0, 0.1) is 13.8 Å². The summed E-state index contributed by atoms with van der Waals surface area (Å²) >= 11 is 0. The number of hydrogen-bond donors (Lipinski definition) is 3. The van der Waals surface area contributed by atoms with Gasteiger partial charge in [0.15, 0.2) is 0 Å². The third kappa shape index (κ3) is 11.1. The van der Waals surface area contributed by atoms with Gasteiger partial charge in [0.1, 0.15) is 17.7 Å². The number of nitrogens with two attached hydrogens (primary N) is 1. The molecule has 9 nitrogen and oxygen atoms in total. The summed E-state index contributed by atoms with van der Waals surface area (Å²) in [6, 6.07) is 3.65. The summed E-state index contributed by atoms with van der Waals surface area (Å²) in [4.78, 5) is 53.8. The topological polar surface area (TPSA) is 131 Å². The molecule has 4 amide bonds. The zero-order valence-electron chi connectivity index (χ0n) is 24.7. The van der Waals surface area contributed by atoms with Crippen LogP contribution in [0.4, 0.5) is 4.79 Å². The molecule has 2 atom stereocenters. The van der Waals surface area contributed by atoms with Crippen molar-refractivity contribution < 1.29 is 23.9 Å². The Morgan fingerprint density at radius 2 is 1.66 bits per heavy atom. The van der Waals surface area contributed by atoms with Crippen LogP contribution in [0.25, 0.3) is 0 Å². The molecule has 0 bridgehead atoms. The number of nitrogens with one attached hydrogen (secondary N) is 2. The lowest BCUT2D eigenvalue weighted by molar-refractivity contribution is -0.143. The minimum atomic E-state index is -1.10. The number of rotatable bonds is 12. The van der Waals surface area contributed by atoms with Crippen LogP contribution >= 0.6 is 0 Å². The second-order valence-electron chi connectivity index (χ2n) is 11.9. The van der Waals surface area contributed by atoms with E-state index < -0.39 is 41.1 Å². The van der Waals surface area contributed by atoms with Gasteiger partial charge in [-0.3, -0.25) is 14.4 Å². The van der Waals surface area contributed by atoms with Crippen LogP contribution in [0.5, 0.6) is 0 Å². The number of ether oxygens (including phenoxy) is 1. The summed E-state index contributed by atoms with van der Waals surface area (Å²) in [6.07, 6.45) is 1.54. The van der Waals surface area contributed by atoms with E-state index in [1.807, 2.05) is 52.8 Å². The third-order valence-electron chi connectivity index (χ3n) is 5.95. The molecule has 1 aromatic rings. The third-order valence-corrected chi connectivity index (χ3v) is 5.95. The van der Waals surface area contributed by atoms with Gasteiger partial charge in [-0.1, -0.05) is 38.0 Å². The number of amides is 4. The summed E-state index contributed by atoms with van der Waals surface area (Å²) in [7, 11) is 0. The van der Waals surface area contributed by atoms with Crippen molar-refractivity contribution >= 4 is 23.8 Å². The van der Waals surface area contributed by atoms with Gasteiger partial charge in [0.25, 0.3) is 0 Å². The highest BCUT2D eigenvalue weighted by Gasteiger charge is 2.37. The SMILES string of the molecule is CCCCCN(C(=O)C(CCC(N)=O)NC(=O)OC(C)(C)C)C(C(=O)NC(C)(C)C)c1cccc(C)c1C. The first-order valence-corrected chi connectivity index (χ1v) is 13.4. The van der Waals surface area contributed by atoms with E-state index in [0.717, 1.165) is 24.0 Å². The van der Waals surface area contributed by atoms with Crippen LogP contribution in [0.15, 0.2) is 18.2 Å². The number of primary amides is 1. The molecule has 0 fully saturated rings. The number of aryl methyl sites for hydroxylation is 1. The molecule has 0 aliphatic heterocycles. The fourth-order valence-corrected chi connectivity index (χ4v) is 4.05. The molecule has 38 heavy (non-hydrogen) atoms. The maximum Gasteiger partial charge on any atom is 0.408 e. The largest absolute Gasteiger partial charge is 0.444 e. The first-order valence-electron chi connectivity index (χ1n) is 13.4. The standard InChI is InChI=1S/C29H48N4O5/c1-10-11-12-18-33(26(36)22(16-17-23(30)34)31-27(37)38-29(7,8)9)24(25(35)32-28(4,5)6)21-15-13-14-19(2)20(21)3/h13-15,22,24H,10-12,16-18H2,1-9H3,(H2,30,34)(H,31,37)(H,32,35). The van der Waals surface area contributed by atoms with E-state index in [1.54, 1.807) is 20.8 Å². The van der Waals surface area contributed by atoms with Crippen molar-refractivity contribution in [3.8, 4) is 0 Å². The van der Waals surface area contributed by atoms with Crippen molar-refractivity contribution in [2.45, 2.75) is 118 Å². The molecule has 0 heterocycles. The molecule has 1 aromatic carbocycles. The average molecular weight is 533 g/mol. The van der Waals surface area contributed by atoms with E-state index in [1.165, 1.54) is 4.90 Å². The van der Waals surface area contributed by atoms with Gasteiger partial charge in [0.05, 0.1) is 0 Å². The molecular formula is C29H48N4O5.